The third-order valence-corrected chi connectivity index (χ3v) is 8.90. The lowest BCUT2D eigenvalue weighted by atomic mass is 9.94. The number of fused-ring (bicyclic) bond motifs is 1. The van der Waals surface area contributed by atoms with Gasteiger partial charge < -0.3 is 30.8 Å². The first kappa shape index (κ1) is 29.7. The van der Waals surface area contributed by atoms with Crippen LogP contribution in [-0.4, -0.2) is 83.2 Å². The van der Waals surface area contributed by atoms with Gasteiger partial charge >= 0.3 is 18.1 Å². The van der Waals surface area contributed by atoms with Gasteiger partial charge in [-0.1, -0.05) is 12.5 Å². The van der Waals surface area contributed by atoms with Crippen LogP contribution < -0.4 is 21.3 Å². The Bertz CT molecular complexity index is 1010. The fraction of sp³-hybridized carbons (Fsp3) is 0.692. The number of amides is 6. The number of urea groups is 1. The molecule has 4 aliphatic rings. The number of allylic oxidation sites excluding steroid dienone is 1. The molecular formula is C26H37N5O8S. The number of imide groups is 1. The molecule has 40 heavy (non-hydrogen) atoms. The maximum absolute atomic E-state index is 12.4. The molecule has 220 valence electrons. The quantitative estimate of drug-likeness (QED) is 0.122. The van der Waals surface area contributed by atoms with E-state index in [9.17, 15) is 28.8 Å². The van der Waals surface area contributed by atoms with E-state index < -0.39 is 35.9 Å². The summed E-state index contributed by atoms with van der Waals surface area (Å²) in [5, 5.41) is 12.3. The predicted molar refractivity (Wildman–Crippen MR) is 144 cm³/mol. The number of hydrogen-bond donors (Lipinski definition) is 4. The molecule has 0 aromatic rings. The van der Waals surface area contributed by atoms with Gasteiger partial charge in [0, 0.05) is 43.4 Å². The largest absolute Gasteiger partial charge is 0.442 e. The summed E-state index contributed by atoms with van der Waals surface area (Å²) in [5.41, 5.74) is 0. The van der Waals surface area contributed by atoms with Crippen LogP contribution in [0.1, 0.15) is 64.2 Å². The summed E-state index contributed by atoms with van der Waals surface area (Å²) in [6.07, 6.45) is 7.46. The molecule has 0 aromatic heterocycles. The van der Waals surface area contributed by atoms with Gasteiger partial charge in [-0.15, -0.1) is 5.06 Å². The van der Waals surface area contributed by atoms with Gasteiger partial charge in [0.25, 0.3) is 11.8 Å². The third-order valence-electron chi connectivity index (χ3n) is 7.39. The molecule has 4 N–H and O–H groups in total. The summed E-state index contributed by atoms with van der Waals surface area (Å²) in [5.74, 6) is -1.27. The van der Waals surface area contributed by atoms with Crippen molar-refractivity contribution in [1.29, 1.82) is 0 Å². The van der Waals surface area contributed by atoms with Crippen LogP contribution in [0, 0.1) is 5.92 Å². The Morgan fingerprint density at radius 3 is 2.60 bits per heavy atom. The number of nitrogens with zero attached hydrogens (tertiary/aromatic N) is 1. The van der Waals surface area contributed by atoms with Crippen molar-refractivity contribution < 1.29 is 38.3 Å². The first-order chi connectivity index (χ1) is 19.3. The average Bonchev–Trinajstić information content (AvgIpc) is 3.56. The molecule has 0 saturated carbocycles. The lowest BCUT2D eigenvalue weighted by molar-refractivity contribution is -0.200. The lowest BCUT2D eigenvalue weighted by Gasteiger charge is -2.21. The van der Waals surface area contributed by atoms with E-state index >= 15 is 0 Å². The zero-order valence-corrected chi connectivity index (χ0v) is 23.2. The SMILES string of the molecule is O=C(CCCCC1SCC2NC(=O)NC21)NCCNC(=O)OC1/C=C/CC(C(=O)ON2C(=O)CCC2=O)CCC1. The second-order valence-electron chi connectivity index (χ2n) is 10.4. The molecule has 3 heterocycles. The highest BCUT2D eigenvalue weighted by molar-refractivity contribution is 8.00. The zero-order valence-electron chi connectivity index (χ0n) is 22.4. The molecule has 0 spiro atoms. The molecule has 5 atom stereocenters. The lowest BCUT2D eigenvalue weighted by Crippen LogP contribution is -2.37. The van der Waals surface area contributed by atoms with E-state index in [-0.39, 0.29) is 43.4 Å². The summed E-state index contributed by atoms with van der Waals surface area (Å²) in [7, 11) is 0. The van der Waals surface area contributed by atoms with Gasteiger partial charge in [-0.2, -0.15) is 11.8 Å². The number of hydroxylamine groups is 2. The van der Waals surface area contributed by atoms with Gasteiger partial charge in [-0.25, -0.2) is 14.4 Å². The fourth-order valence-corrected chi connectivity index (χ4v) is 6.76. The number of rotatable bonds is 11. The minimum atomic E-state index is -0.616. The van der Waals surface area contributed by atoms with E-state index in [0.29, 0.717) is 49.0 Å². The Kier molecular flexibility index (Phi) is 10.7. The number of hydrogen-bond acceptors (Lipinski definition) is 9. The normalized spacial score (nSPS) is 28.6. The van der Waals surface area contributed by atoms with Crippen LogP contribution in [0.25, 0.3) is 0 Å². The predicted octanol–water partition coefficient (Wildman–Crippen LogP) is 1.28. The van der Waals surface area contributed by atoms with Crippen molar-refractivity contribution in [3.05, 3.63) is 12.2 Å². The van der Waals surface area contributed by atoms with Crippen molar-refractivity contribution in [3.63, 3.8) is 0 Å². The highest BCUT2D eigenvalue weighted by atomic mass is 32.2. The second-order valence-corrected chi connectivity index (χ2v) is 11.6. The fourth-order valence-electron chi connectivity index (χ4n) is 5.22. The van der Waals surface area contributed by atoms with E-state index in [0.717, 1.165) is 25.0 Å². The van der Waals surface area contributed by atoms with Crippen molar-refractivity contribution in [2.75, 3.05) is 18.8 Å². The Labute approximate surface area is 236 Å². The maximum Gasteiger partial charge on any atom is 0.407 e. The minimum Gasteiger partial charge on any atom is -0.442 e. The van der Waals surface area contributed by atoms with Gasteiger partial charge in [0.1, 0.15) is 6.10 Å². The Morgan fingerprint density at radius 2 is 1.80 bits per heavy atom. The molecule has 5 unspecified atom stereocenters. The smallest absolute Gasteiger partial charge is 0.407 e. The van der Waals surface area contributed by atoms with E-state index in [1.165, 1.54) is 0 Å². The second kappa shape index (κ2) is 14.4. The van der Waals surface area contributed by atoms with Crippen LogP contribution in [0.15, 0.2) is 12.2 Å². The van der Waals surface area contributed by atoms with E-state index in [1.807, 2.05) is 11.8 Å². The standard InChI is InChI=1S/C26H37N5O8S/c32-20(10-2-1-9-19-23-18(15-40-19)29-25(36)30-23)27-13-14-28-26(37)38-17-7-3-5-16(6-4-8-17)24(35)39-31-21(33)11-12-22(31)34/h3,7,16-19,23H,1-2,4-6,8-15H2,(H,27,32)(H,28,37)(H2,29,30,36)/b7-3+. The molecule has 0 aromatic carbocycles. The van der Waals surface area contributed by atoms with Crippen LogP contribution in [0.5, 0.6) is 0 Å². The molecule has 0 radical (unpaired) electrons. The van der Waals surface area contributed by atoms with E-state index in [4.69, 9.17) is 9.57 Å². The average molecular weight is 580 g/mol. The van der Waals surface area contributed by atoms with Crippen molar-refractivity contribution in [2.24, 2.45) is 5.92 Å². The molecule has 4 rings (SSSR count). The number of thioether (sulfide) groups is 1. The van der Waals surface area contributed by atoms with Gasteiger partial charge in [-0.3, -0.25) is 14.4 Å². The van der Waals surface area contributed by atoms with Crippen molar-refractivity contribution in [1.82, 2.24) is 26.3 Å². The highest BCUT2D eigenvalue weighted by Crippen LogP contribution is 2.33. The number of unbranched alkanes of at least 4 members (excludes halogenated alkanes) is 1. The summed E-state index contributed by atoms with van der Waals surface area (Å²) >= 11 is 1.86. The number of ether oxygens (including phenoxy) is 1. The van der Waals surface area contributed by atoms with E-state index in [2.05, 4.69) is 21.3 Å². The molecule has 3 saturated heterocycles. The third kappa shape index (κ3) is 8.35. The maximum atomic E-state index is 12.4. The molecule has 13 nitrogen and oxygen atoms in total. The van der Waals surface area contributed by atoms with Crippen molar-refractivity contribution in [2.45, 2.75) is 87.6 Å². The van der Waals surface area contributed by atoms with Crippen LogP contribution in [0.3, 0.4) is 0 Å². The molecule has 3 aliphatic heterocycles. The van der Waals surface area contributed by atoms with Gasteiger partial charge in [-0.05, 0) is 44.6 Å². The van der Waals surface area contributed by atoms with Gasteiger partial charge in [0.15, 0.2) is 0 Å². The van der Waals surface area contributed by atoms with Crippen molar-refractivity contribution in [3.8, 4) is 0 Å². The topological polar surface area (TPSA) is 172 Å². The molecule has 6 amide bonds. The number of carbonyl (C=O) groups excluding carboxylic acids is 6. The van der Waals surface area contributed by atoms with Crippen molar-refractivity contribution >= 4 is 47.6 Å². The van der Waals surface area contributed by atoms with Crippen LogP contribution in [0.4, 0.5) is 9.59 Å². The zero-order chi connectivity index (χ0) is 28.5. The summed E-state index contributed by atoms with van der Waals surface area (Å²) in [6, 6.07) is 0.291. The van der Waals surface area contributed by atoms with Gasteiger partial charge in [0.2, 0.25) is 5.91 Å². The number of carbonyl (C=O) groups is 6. The highest BCUT2D eigenvalue weighted by Gasteiger charge is 2.42. The van der Waals surface area contributed by atoms with Gasteiger partial charge in [0.05, 0.1) is 18.0 Å². The summed E-state index contributed by atoms with van der Waals surface area (Å²) in [6.45, 7) is 0.525. The molecule has 0 bridgehead atoms. The Morgan fingerprint density at radius 1 is 1.02 bits per heavy atom. The minimum absolute atomic E-state index is 0.0482. The monoisotopic (exact) mass is 579 g/mol. The van der Waals surface area contributed by atoms with Crippen LogP contribution in [-0.2, 0) is 28.8 Å². The Hall–Kier alpha value is -3.29. The van der Waals surface area contributed by atoms with E-state index in [1.54, 1.807) is 12.2 Å². The molecule has 14 heteroatoms. The molecule has 3 fully saturated rings. The summed E-state index contributed by atoms with van der Waals surface area (Å²) in [4.78, 5) is 76.4. The molecular weight excluding hydrogens is 542 g/mol. The Balaban J connectivity index is 1.03. The number of alkyl carbamates (subject to hydrolysis) is 1. The summed E-state index contributed by atoms with van der Waals surface area (Å²) < 4.78 is 5.43. The first-order valence-electron chi connectivity index (χ1n) is 13.9. The van der Waals surface area contributed by atoms with Crippen LogP contribution in [0.2, 0.25) is 0 Å². The number of nitrogens with one attached hydrogen (secondary N) is 4. The molecule has 1 aliphatic carbocycles. The van der Waals surface area contributed by atoms with Crippen LogP contribution >= 0.6 is 11.8 Å². The first-order valence-corrected chi connectivity index (χ1v) is 15.0.